The molecule has 4 rings (SSSR count). The summed E-state index contributed by atoms with van der Waals surface area (Å²) in [6.45, 7) is 6.31. The molecule has 0 bridgehead atoms. The molecule has 0 aromatic carbocycles. The van der Waals surface area contributed by atoms with Gasteiger partial charge in [-0.05, 0) is 38.1 Å². The number of pyridine rings is 1. The highest BCUT2D eigenvalue weighted by Crippen LogP contribution is 2.33. The Morgan fingerprint density at radius 1 is 1.23 bits per heavy atom. The summed E-state index contributed by atoms with van der Waals surface area (Å²) < 4.78 is 6.76. The first kappa shape index (κ1) is 17.4. The van der Waals surface area contributed by atoms with Gasteiger partial charge in [-0.25, -0.2) is 9.97 Å². The van der Waals surface area contributed by atoms with Gasteiger partial charge in [-0.2, -0.15) is 0 Å². The Morgan fingerprint density at radius 2 is 2.12 bits per heavy atom. The summed E-state index contributed by atoms with van der Waals surface area (Å²) in [5.41, 5.74) is 3.00. The van der Waals surface area contributed by atoms with E-state index in [4.69, 9.17) is 21.3 Å². The third kappa shape index (κ3) is 3.45. The van der Waals surface area contributed by atoms with Crippen LogP contribution in [0.5, 0.6) is 0 Å². The zero-order valence-electron chi connectivity index (χ0n) is 14.6. The third-order valence-electron chi connectivity index (χ3n) is 4.56. The lowest BCUT2D eigenvalue weighted by Gasteiger charge is -2.34. The van der Waals surface area contributed by atoms with Gasteiger partial charge in [0.15, 0.2) is 5.82 Å². The lowest BCUT2D eigenvalue weighted by atomic mass is 10.1. The average molecular weight is 387 g/mol. The van der Waals surface area contributed by atoms with E-state index in [-0.39, 0.29) is 6.10 Å². The normalized spacial score (nSPS) is 17.5. The highest BCUT2D eigenvalue weighted by atomic mass is 35.5. The predicted molar refractivity (Wildman–Crippen MR) is 105 cm³/mol. The minimum absolute atomic E-state index is 0.0118. The standard InChI is InChI=1S/C19H19ClN4OS/c1-12-13(2)22-18(14-4-3-7-21-10-14)23-19(12)24-8-9-25-15(11-24)16-5-6-17(20)26-16/h3-7,10,15H,8-9,11H2,1-2H3/t15-/m0/s1. The van der Waals surface area contributed by atoms with Crippen LogP contribution in [0.3, 0.4) is 0 Å². The Bertz CT molecular complexity index is 915. The summed E-state index contributed by atoms with van der Waals surface area (Å²) in [7, 11) is 0. The Hall–Kier alpha value is -2.02. The van der Waals surface area contributed by atoms with Crippen molar-refractivity contribution >= 4 is 28.8 Å². The summed E-state index contributed by atoms with van der Waals surface area (Å²) in [5.74, 6) is 1.67. The molecule has 1 atom stereocenters. The van der Waals surface area contributed by atoms with Gasteiger partial charge in [0.05, 0.1) is 17.5 Å². The van der Waals surface area contributed by atoms with Crippen LogP contribution >= 0.6 is 22.9 Å². The third-order valence-corrected chi connectivity index (χ3v) is 5.88. The fourth-order valence-electron chi connectivity index (χ4n) is 3.06. The fourth-order valence-corrected chi connectivity index (χ4v) is 4.16. The maximum absolute atomic E-state index is 6.09. The van der Waals surface area contributed by atoms with Gasteiger partial charge in [-0.3, -0.25) is 4.98 Å². The van der Waals surface area contributed by atoms with Crippen LogP contribution in [0.1, 0.15) is 22.2 Å². The van der Waals surface area contributed by atoms with Crippen molar-refractivity contribution in [3.8, 4) is 11.4 Å². The Kier molecular flexibility index (Phi) is 4.89. The molecule has 0 aliphatic carbocycles. The van der Waals surface area contributed by atoms with Crippen molar-refractivity contribution < 1.29 is 4.74 Å². The number of halogens is 1. The van der Waals surface area contributed by atoms with Crippen LogP contribution in [0.4, 0.5) is 5.82 Å². The van der Waals surface area contributed by atoms with Crippen molar-refractivity contribution in [3.05, 3.63) is 57.1 Å². The maximum Gasteiger partial charge on any atom is 0.163 e. The smallest absolute Gasteiger partial charge is 0.163 e. The number of hydrogen-bond acceptors (Lipinski definition) is 6. The molecule has 1 aliphatic heterocycles. The highest BCUT2D eigenvalue weighted by molar-refractivity contribution is 7.16. The van der Waals surface area contributed by atoms with Crippen LogP contribution < -0.4 is 4.90 Å². The van der Waals surface area contributed by atoms with Crippen molar-refractivity contribution in [3.63, 3.8) is 0 Å². The molecule has 26 heavy (non-hydrogen) atoms. The number of thiophene rings is 1. The van der Waals surface area contributed by atoms with Crippen LogP contribution in [0.25, 0.3) is 11.4 Å². The quantitative estimate of drug-likeness (QED) is 0.665. The first-order valence-corrected chi connectivity index (χ1v) is 9.68. The molecule has 3 aromatic rings. The zero-order chi connectivity index (χ0) is 18.1. The number of aromatic nitrogens is 3. The molecular weight excluding hydrogens is 368 g/mol. The van der Waals surface area contributed by atoms with Crippen LogP contribution in [-0.4, -0.2) is 34.6 Å². The Labute approximate surface area is 161 Å². The molecule has 1 saturated heterocycles. The molecule has 3 aromatic heterocycles. The monoisotopic (exact) mass is 386 g/mol. The van der Waals surface area contributed by atoms with Crippen LogP contribution in [0.2, 0.25) is 4.34 Å². The second kappa shape index (κ2) is 7.31. The lowest BCUT2D eigenvalue weighted by Crippen LogP contribution is -2.39. The minimum atomic E-state index is 0.0118. The van der Waals surface area contributed by atoms with Gasteiger partial charge >= 0.3 is 0 Å². The topological polar surface area (TPSA) is 51.1 Å². The van der Waals surface area contributed by atoms with Gasteiger partial charge < -0.3 is 9.64 Å². The van der Waals surface area contributed by atoms with Gasteiger partial charge in [0.25, 0.3) is 0 Å². The van der Waals surface area contributed by atoms with E-state index in [9.17, 15) is 0 Å². The van der Waals surface area contributed by atoms with Crippen LogP contribution in [-0.2, 0) is 4.74 Å². The van der Waals surface area contributed by atoms with Crippen molar-refractivity contribution in [2.24, 2.45) is 0 Å². The molecule has 7 heteroatoms. The summed E-state index contributed by atoms with van der Waals surface area (Å²) >= 11 is 7.66. The molecule has 5 nitrogen and oxygen atoms in total. The lowest BCUT2D eigenvalue weighted by molar-refractivity contribution is 0.0418. The van der Waals surface area contributed by atoms with Crippen molar-refractivity contribution in [2.45, 2.75) is 20.0 Å². The van der Waals surface area contributed by atoms with Crippen LogP contribution in [0, 0.1) is 13.8 Å². The molecule has 4 heterocycles. The van der Waals surface area contributed by atoms with Gasteiger partial charge in [0.2, 0.25) is 0 Å². The largest absolute Gasteiger partial charge is 0.369 e. The summed E-state index contributed by atoms with van der Waals surface area (Å²) in [6.07, 6.45) is 3.56. The van der Waals surface area contributed by atoms with Gasteiger partial charge in [-0.15, -0.1) is 11.3 Å². The van der Waals surface area contributed by atoms with E-state index >= 15 is 0 Å². The second-order valence-electron chi connectivity index (χ2n) is 6.27. The minimum Gasteiger partial charge on any atom is -0.369 e. The van der Waals surface area contributed by atoms with E-state index in [2.05, 4.69) is 21.8 Å². The summed E-state index contributed by atoms with van der Waals surface area (Å²) in [4.78, 5) is 17.1. The van der Waals surface area contributed by atoms with E-state index in [1.54, 1.807) is 23.7 Å². The maximum atomic E-state index is 6.09. The van der Waals surface area contributed by atoms with Gasteiger partial charge in [0, 0.05) is 40.6 Å². The number of nitrogens with zero attached hydrogens (tertiary/aromatic N) is 4. The second-order valence-corrected chi connectivity index (χ2v) is 8.02. The molecule has 0 unspecified atom stereocenters. The highest BCUT2D eigenvalue weighted by Gasteiger charge is 2.26. The van der Waals surface area contributed by atoms with Crippen molar-refractivity contribution in [1.82, 2.24) is 15.0 Å². The average Bonchev–Trinajstić information content (AvgIpc) is 3.11. The predicted octanol–water partition coefficient (Wildman–Crippen LogP) is 4.45. The zero-order valence-corrected chi connectivity index (χ0v) is 16.2. The molecule has 0 radical (unpaired) electrons. The van der Waals surface area contributed by atoms with Gasteiger partial charge in [0.1, 0.15) is 11.9 Å². The Balaban J connectivity index is 1.67. The van der Waals surface area contributed by atoms with Crippen molar-refractivity contribution in [1.29, 1.82) is 0 Å². The Morgan fingerprint density at radius 3 is 2.85 bits per heavy atom. The van der Waals surface area contributed by atoms with E-state index in [1.807, 2.05) is 31.2 Å². The van der Waals surface area contributed by atoms with E-state index in [1.165, 1.54) is 0 Å². The van der Waals surface area contributed by atoms with Gasteiger partial charge in [-0.1, -0.05) is 11.6 Å². The number of ether oxygens (including phenoxy) is 1. The number of hydrogen-bond donors (Lipinski definition) is 0. The molecule has 0 N–H and O–H groups in total. The van der Waals surface area contributed by atoms with E-state index < -0.39 is 0 Å². The number of rotatable bonds is 3. The first-order chi connectivity index (χ1) is 12.6. The van der Waals surface area contributed by atoms with E-state index in [0.717, 1.165) is 44.9 Å². The number of anilines is 1. The van der Waals surface area contributed by atoms with E-state index in [0.29, 0.717) is 12.4 Å². The summed E-state index contributed by atoms with van der Waals surface area (Å²) in [5, 5.41) is 0. The molecule has 0 saturated carbocycles. The number of aryl methyl sites for hydroxylation is 1. The fraction of sp³-hybridized carbons (Fsp3) is 0.316. The molecule has 1 aliphatic rings. The molecule has 0 amide bonds. The molecule has 0 spiro atoms. The summed E-state index contributed by atoms with van der Waals surface area (Å²) in [6, 6.07) is 7.85. The molecular formula is C19H19ClN4OS. The molecule has 134 valence electrons. The SMILES string of the molecule is Cc1nc(-c2cccnc2)nc(N2CCO[C@H](c3ccc(Cl)s3)C2)c1C. The first-order valence-electron chi connectivity index (χ1n) is 8.49. The number of morpholine rings is 1. The van der Waals surface area contributed by atoms with Crippen molar-refractivity contribution in [2.75, 3.05) is 24.6 Å². The molecule has 1 fully saturated rings. The van der Waals surface area contributed by atoms with Crippen LogP contribution in [0.15, 0.2) is 36.7 Å².